The second-order valence-electron chi connectivity index (χ2n) is 6.59. The fourth-order valence-corrected chi connectivity index (χ4v) is 9.87. The molecule has 1 aliphatic rings. The summed E-state index contributed by atoms with van der Waals surface area (Å²) < 4.78 is 26.5. The van der Waals surface area contributed by atoms with Gasteiger partial charge in [-0.3, -0.25) is 0 Å². The van der Waals surface area contributed by atoms with Crippen LogP contribution in [0.4, 0.5) is 0 Å². The van der Waals surface area contributed by atoms with Crippen LogP contribution in [0.2, 0.25) is 0 Å². The Bertz CT molecular complexity index is 1010. The Morgan fingerprint density at radius 2 is 1.22 bits per heavy atom. The van der Waals surface area contributed by atoms with E-state index in [0.717, 1.165) is 9.79 Å². The van der Waals surface area contributed by atoms with Gasteiger partial charge in [0.2, 0.25) is 0 Å². The molecule has 0 radical (unpaired) electrons. The molecule has 4 rings (SSSR count). The molecule has 1 fully saturated rings. The molecular formula is C22H20O2S3. The second kappa shape index (κ2) is 7.38. The van der Waals surface area contributed by atoms with Crippen LogP contribution < -0.4 is 0 Å². The van der Waals surface area contributed by atoms with Gasteiger partial charge < -0.3 is 0 Å². The third-order valence-corrected chi connectivity index (χ3v) is 11.5. The Morgan fingerprint density at radius 3 is 1.78 bits per heavy atom. The van der Waals surface area contributed by atoms with Gasteiger partial charge >= 0.3 is 0 Å². The maximum atomic E-state index is 13.7. The van der Waals surface area contributed by atoms with Gasteiger partial charge in [-0.05, 0) is 36.4 Å². The summed E-state index contributed by atoms with van der Waals surface area (Å²) in [6.07, 6.45) is 0. The fourth-order valence-electron chi connectivity index (χ4n) is 3.35. The van der Waals surface area contributed by atoms with E-state index < -0.39 is 13.9 Å². The molecule has 3 aromatic carbocycles. The first-order chi connectivity index (χ1) is 13.1. The maximum Gasteiger partial charge on any atom is 0.195 e. The summed E-state index contributed by atoms with van der Waals surface area (Å²) in [5.41, 5.74) is 0. The summed E-state index contributed by atoms with van der Waals surface area (Å²) in [5, 5.41) is -0.00434. The van der Waals surface area contributed by atoms with Crippen molar-refractivity contribution in [3.63, 3.8) is 0 Å². The van der Waals surface area contributed by atoms with Gasteiger partial charge in [0.1, 0.15) is 4.08 Å². The Balaban J connectivity index is 1.75. The summed E-state index contributed by atoms with van der Waals surface area (Å²) in [5.74, 6) is 0.0399. The molecule has 27 heavy (non-hydrogen) atoms. The van der Waals surface area contributed by atoms with E-state index in [1.807, 2.05) is 66.7 Å². The van der Waals surface area contributed by atoms with Crippen LogP contribution >= 0.6 is 23.5 Å². The fraction of sp³-hybridized carbons (Fsp3) is 0.182. The average molecular weight is 413 g/mol. The molecule has 1 saturated carbocycles. The lowest BCUT2D eigenvalue weighted by Crippen LogP contribution is -2.24. The highest BCUT2D eigenvalue weighted by Crippen LogP contribution is 2.67. The topological polar surface area (TPSA) is 34.1 Å². The van der Waals surface area contributed by atoms with Crippen molar-refractivity contribution in [3.05, 3.63) is 91.0 Å². The molecule has 0 N–H and O–H groups in total. The van der Waals surface area contributed by atoms with Gasteiger partial charge in [-0.2, -0.15) is 0 Å². The van der Waals surface area contributed by atoms with Crippen LogP contribution in [0.15, 0.2) is 106 Å². The van der Waals surface area contributed by atoms with E-state index in [2.05, 4.69) is 6.92 Å². The highest BCUT2D eigenvalue weighted by molar-refractivity contribution is 8.17. The van der Waals surface area contributed by atoms with Crippen LogP contribution in [0.5, 0.6) is 0 Å². The number of hydrogen-bond acceptors (Lipinski definition) is 4. The van der Waals surface area contributed by atoms with Crippen LogP contribution in [-0.4, -0.2) is 17.7 Å². The lowest BCUT2D eigenvalue weighted by Gasteiger charge is -2.19. The number of rotatable bonds is 6. The Kier molecular flexibility index (Phi) is 5.10. The van der Waals surface area contributed by atoms with Gasteiger partial charge in [0, 0.05) is 21.0 Å². The van der Waals surface area contributed by atoms with Gasteiger partial charge in [-0.15, -0.1) is 23.5 Å². The van der Waals surface area contributed by atoms with E-state index in [4.69, 9.17) is 0 Å². The lowest BCUT2D eigenvalue weighted by molar-refractivity contribution is 0.589. The SMILES string of the molecule is C[C@@H]1[C@H](Sc2ccccc2)[C@@]1(Sc1ccccc1)S(=O)(=O)c1ccccc1. The first-order valence-corrected chi connectivity index (χ1v) is 12.0. The zero-order valence-corrected chi connectivity index (χ0v) is 17.3. The van der Waals surface area contributed by atoms with Crippen LogP contribution in [0.1, 0.15) is 6.92 Å². The van der Waals surface area contributed by atoms with E-state index in [0.29, 0.717) is 4.90 Å². The van der Waals surface area contributed by atoms with Crippen LogP contribution in [0.3, 0.4) is 0 Å². The summed E-state index contributed by atoms with van der Waals surface area (Å²) in [6, 6.07) is 28.7. The van der Waals surface area contributed by atoms with Crippen molar-refractivity contribution >= 4 is 33.4 Å². The summed E-state index contributed by atoms with van der Waals surface area (Å²) >= 11 is 3.15. The molecule has 0 unspecified atom stereocenters. The van der Waals surface area contributed by atoms with E-state index >= 15 is 0 Å². The quantitative estimate of drug-likeness (QED) is 0.515. The minimum absolute atomic E-state index is 0.00434. The first-order valence-electron chi connectivity index (χ1n) is 8.81. The molecule has 0 amide bonds. The molecule has 0 aliphatic heterocycles. The predicted molar refractivity (Wildman–Crippen MR) is 114 cm³/mol. The normalized spacial score (nSPS) is 24.5. The number of sulfone groups is 1. The molecule has 2 nitrogen and oxygen atoms in total. The van der Waals surface area contributed by atoms with Crippen molar-refractivity contribution < 1.29 is 8.42 Å². The zero-order valence-electron chi connectivity index (χ0n) is 14.9. The number of benzene rings is 3. The molecule has 1 aliphatic carbocycles. The molecule has 0 heterocycles. The molecule has 5 heteroatoms. The van der Waals surface area contributed by atoms with Gasteiger partial charge in [-0.25, -0.2) is 8.42 Å². The Labute approximate surface area is 169 Å². The standard InChI is InChI=1S/C22H20O2S3/c1-17-21(25-18-11-5-2-6-12-18)22(17,26-19-13-7-3-8-14-19)27(23,24)20-15-9-4-10-16-20/h2-17,21H,1H3/t17-,21+,22+/m1/s1. The molecular weight excluding hydrogens is 392 g/mol. The molecule has 138 valence electrons. The van der Waals surface area contributed by atoms with Crippen molar-refractivity contribution in [2.24, 2.45) is 5.92 Å². The maximum absolute atomic E-state index is 13.7. The number of hydrogen-bond donors (Lipinski definition) is 0. The van der Waals surface area contributed by atoms with Crippen molar-refractivity contribution in [1.29, 1.82) is 0 Å². The number of thioether (sulfide) groups is 2. The smallest absolute Gasteiger partial charge is 0.195 e. The molecule has 0 spiro atoms. The minimum Gasteiger partial charge on any atom is -0.222 e. The third-order valence-electron chi connectivity index (χ3n) is 4.88. The largest absolute Gasteiger partial charge is 0.222 e. The predicted octanol–water partition coefficient (Wildman–Crippen LogP) is 5.76. The van der Waals surface area contributed by atoms with Crippen LogP contribution in [-0.2, 0) is 9.84 Å². The van der Waals surface area contributed by atoms with Gasteiger partial charge in [0.25, 0.3) is 0 Å². The van der Waals surface area contributed by atoms with Crippen LogP contribution in [0, 0.1) is 5.92 Å². The summed E-state index contributed by atoms with van der Waals surface area (Å²) in [4.78, 5) is 2.49. The van der Waals surface area contributed by atoms with Crippen molar-refractivity contribution in [3.8, 4) is 0 Å². The van der Waals surface area contributed by atoms with Gasteiger partial charge in [0.05, 0.1) is 4.90 Å². The summed E-state index contributed by atoms with van der Waals surface area (Å²) in [6.45, 7) is 2.05. The Hall–Kier alpha value is -1.69. The average Bonchev–Trinajstić information content (AvgIpc) is 3.27. The van der Waals surface area contributed by atoms with E-state index in [1.54, 1.807) is 36.0 Å². The van der Waals surface area contributed by atoms with Crippen molar-refractivity contribution in [1.82, 2.24) is 0 Å². The Morgan fingerprint density at radius 1 is 0.741 bits per heavy atom. The third kappa shape index (κ3) is 3.33. The zero-order chi connectivity index (χ0) is 18.9. The monoisotopic (exact) mass is 412 g/mol. The lowest BCUT2D eigenvalue weighted by atomic mass is 10.4. The molecule has 0 saturated heterocycles. The second-order valence-corrected chi connectivity index (χ2v) is 11.6. The molecule has 3 atom stereocenters. The highest BCUT2D eigenvalue weighted by atomic mass is 32.3. The molecule has 0 aromatic heterocycles. The molecule has 0 bridgehead atoms. The minimum atomic E-state index is -3.50. The van der Waals surface area contributed by atoms with Gasteiger partial charge in [0.15, 0.2) is 9.84 Å². The van der Waals surface area contributed by atoms with E-state index in [9.17, 15) is 8.42 Å². The van der Waals surface area contributed by atoms with Crippen molar-refractivity contribution in [2.75, 3.05) is 0 Å². The summed E-state index contributed by atoms with van der Waals surface area (Å²) in [7, 11) is -3.50. The van der Waals surface area contributed by atoms with Gasteiger partial charge in [-0.1, -0.05) is 61.5 Å². The van der Waals surface area contributed by atoms with Crippen LogP contribution in [0.25, 0.3) is 0 Å². The first kappa shape index (κ1) is 18.7. The van der Waals surface area contributed by atoms with Crippen molar-refractivity contribution in [2.45, 2.75) is 30.9 Å². The van der Waals surface area contributed by atoms with E-state index in [-0.39, 0.29) is 11.2 Å². The van der Waals surface area contributed by atoms with E-state index in [1.165, 1.54) is 11.8 Å². The molecule has 3 aromatic rings. The highest BCUT2D eigenvalue weighted by Gasteiger charge is 2.71.